The zero-order valence-electron chi connectivity index (χ0n) is 18.1. The van der Waals surface area contributed by atoms with Crippen LogP contribution in [0.1, 0.15) is 0 Å². The Morgan fingerprint density at radius 1 is 1.03 bits per heavy atom. The molecule has 2 aliphatic rings. The predicted octanol–water partition coefficient (Wildman–Crippen LogP) is 2.12. The number of alkyl halides is 2. The predicted molar refractivity (Wildman–Crippen MR) is 123 cm³/mol. The molecule has 2 aliphatic heterocycles. The minimum atomic E-state index is -2.62. The van der Waals surface area contributed by atoms with Gasteiger partial charge in [-0.3, -0.25) is 9.89 Å². The van der Waals surface area contributed by atoms with Crippen LogP contribution in [-0.4, -0.2) is 107 Å². The summed E-state index contributed by atoms with van der Waals surface area (Å²) in [5.74, 6) is 0.430. The number of rotatable bonds is 6. The maximum Gasteiger partial charge on any atom is 0.256 e. The van der Waals surface area contributed by atoms with Crippen molar-refractivity contribution in [2.75, 3.05) is 70.7 Å². The number of morpholine rings is 2. The lowest BCUT2D eigenvalue weighted by molar-refractivity contribution is 0.0394. The number of benzene rings is 1. The number of guanidine groups is 2. The Hall–Kier alpha value is -2.76. The van der Waals surface area contributed by atoms with Crippen LogP contribution in [0.4, 0.5) is 20.2 Å². The summed E-state index contributed by atoms with van der Waals surface area (Å²) in [7, 11) is 0. The highest BCUT2D eigenvalue weighted by molar-refractivity contribution is 6.05. The first-order chi connectivity index (χ1) is 15.6. The third kappa shape index (κ3) is 6.62. The minimum Gasteiger partial charge on any atom is -0.379 e. The molecule has 0 N–H and O–H groups in total. The van der Waals surface area contributed by atoms with Gasteiger partial charge in [0, 0.05) is 26.2 Å². The van der Waals surface area contributed by atoms with Crippen LogP contribution in [0.5, 0.6) is 0 Å². The van der Waals surface area contributed by atoms with Gasteiger partial charge in [-0.25, -0.2) is 18.8 Å². The van der Waals surface area contributed by atoms with Crippen LogP contribution in [0, 0.1) is 0 Å². The Morgan fingerprint density at radius 3 is 2.31 bits per heavy atom. The number of hydrogen-bond acceptors (Lipinski definition) is 5. The van der Waals surface area contributed by atoms with Crippen LogP contribution >= 0.6 is 0 Å². The Kier molecular flexibility index (Phi) is 9.20. The van der Waals surface area contributed by atoms with E-state index in [1.807, 2.05) is 4.90 Å². The second-order valence-electron chi connectivity index (χ2n) is 7.15. The Balaban J connectivity index is 2.01. The van der Waals surface area contributed by atoms with Crippen molar-refractivity contribution in [2.24, 2.45) is 20.0 Å². The molecule has 2 heterocycles. The normalized spacial score (nSPS) is 18.7. The fourth-order valence-electron chi connectivity index (χ4n) is 3.40. The molecule has 3 rings (SSSR count). The summed E-state index contributed by atoms with van der Waals surface area (Å²) in [4.78, 5) is 22.6. The third-order valence-corrected chi connectivity index (χ3v) is 5.06. The number of hydrogen-bond donors (Lipinski definition) is 0. The first-order valence-corrected chi connectivity index (χ1v) is 10.5. The summed E-state index contributed by atoms with van der Waals surface area (Å²) in [6, 6.07) is 6.92. The number of ether oxygens (including phenoxy) is 2. The second-order valence-corrected chi connectivity index (χ2v) is 7.15. The van der Waals surface area contributed by atoms with Gasteiger partial charge in [0.25, 0.3) is 6.43 Å². The summed E-state index contributed by atoms with van der Waals surface area (Å²) < 4.78 is 38.1. The van der Waals surface area contributed by atoms with Gasteiger partial charge in [-0.05, 0) is 25.6 Å². The van der Waals surface area contributed by atoms with Gasteiger partial charge in [0.05, 0.1) is 51.0 Å². The fraction of sp³-hybridized carbons (Fsp3) is 0.524. The van der Waals surface area contributed by atoms with Gasteiger partial charge in [-0.1, -0.05) is 12.1 Å². The van der Waals surface area contributed by atoms with E-state index in [1.165, 1.54) is 4.90 Å². The van der Waals surface area contributed by atoms with E-state index in [-0.39, 0.29) is 5.96 Å². The first kappa shape index (κ1) is 23.9. The molecular weight excluding hydrogens is 420 g/mol. The molecule has 1 aromatic rings. The number of halogens is 2. The van der Waals surface area contributed by atoms with Crippen molar-refractivity contribution in [3.63, 3.8) is 0 Å². The van der Waals surface area contributed by atoms with Gasteiger partial charge in [0.15, 0.2) is 0 Å². The second kappa shape index (κ2) is 12.3. The lowest BCUT2D eigenvalue weighted by Crippen LogP contribution is -2.42. The number of nitrogens with zero attached hydrogens (tertiary/aromatic N) is 7. The van der Waals surface area contributed by atoms with E-state index in [9.17, 15) is 8.78 Å². The van der Waals surface area contributed by atoms with Gasteiger partial charge < -0.3 is 19.3 Å². The standard InChI is InChI=1S/C21H29F2N7O2/c1-24-17-5-3-4-6-18(17)30(15-19(22)23)21(26-16-28-7-11-31-12-8-28)27-20(25-2)29-9-13-32-14-10-29/h3-6,19H,1-2,7-16H2/b26-21+,27-20+. The lowest BCUT2D eigenvalue weighted by Gasteiger charge is -2.30. The molecule has 9 nitrogen and oxygen atoms in total. The van der Waals surface area contributed by atoms with Gasteiger partial charge in [0.1, 0.15) is 0 Å². The highest BCUT2D eigenvalue weighted by atomic mass is 19.3. The molecular formula is C21H29F2N7O2. The monoisotopic (exact) mass is 449 g/mol. The smallest absolute Gasteiger partial charge is 0.256 e. The summed E-state index contributed by atoms with van der Waals surface area (Å²) in [6.07, 6.45) is -2.62. The molecule has 0 unspecified atom stereocenters. The summed E-state index contributed by atoms with van der Waals surface area (Å²) >= 11 is 0. The zero-order valence-corrected chi connectivity index (χ0v) is 18.1. The fourth-order valence-corrected chi connectivity index (χ4v) is 3.40. The Morgan fingerprint density at radius 2 is 1.69 bits per heavy atom. The van der Waals surface area contributed by atoms with Crippen molar-refractivity contribution in [1.29, 1.82) is 0 Å². The van der Waals surface area contributed by atoms with Gasteiger partial charge >= 0.3 is 0 Å². The molecule has 32 heavy (non-hydrogen) atoms. The van der Waals surface area contributed by atoms with Gasteiger partial charge in [-0.2, -0.15) is 4.99 Å². The van der Waals surface area contributed by atoms with Crippen LogP contribution < -0.4 is 4.90 Å². The molecule has 1 aromatic carbocycles. The molecule has 2 fully saturated rings. The summed E-state index contributed by atoms with van der Waals surface area (Å²) in [6.45, 7) is 11.7. The van der Waals surface area contributed by atoms with Crippen LogP contribution in [0.3, 0.4) is 0 Å². The lowest BCUT2D eigenvalue weighted by atomic mass is 10.2. The molecule has 0 saturated carbocycles. The number of aliphatic imine (C=N–C) groups is 4. The average Bonchev–Trinajstić information content (AvgIpc) is 2.84. The summed E-state index contributed by atoms with van der Waals surface area (Å²) in [5, 5.41) is 0. The van der Waals surface area contributed by atoms with E-state index in [2.05, 4.69) is 38.3 Å². The van der Waals surface area contributed by atoms with Crippen molar-refractivity contribution in [1.82, 2.24) is 9.80 Å². The molecule has 0 atom stereocenters. The maximum atomic E-state index is 13.7. The van der Waals surface area contributed by atoms with E-state index in [0.29, 0.717) is 76.6 Å². The Labute approximate surface area is 186 Å². The van der Waals surface area contributed by atoms with Crippen molar-refractivity contribution in [2.45, 2.75) is 6.43 Å². The van der Waals surface area contributed by atoms with Gasteiger partial charge in [0.2, 0.25) is 11.9 Å². The van der Waals surface area contributed by atoms with E-state index in [0.717, 1.165) is 0 Å². The number of para-hydroxylation sites is 2. The molecule has 11 heteroatoms. The van der Waals surface area contributed by atoms with E-state index in [4.69, 9.17) is 9.47 Å². The quantitative estimate of drug-likeness (QED) is 0.491. The van der Waals surface area contributed by atoms with Crippen LogP contribution in [-0.2, 0) is 9.47 Å². The molecule has 0 radical (unpaired) electrons. The highest BCUT2D eigenvalue weighted by Gasteiger charge is 2.23. The molecule has 0 aromatic heterocycles. The van der Waals surface area contributed by atoms with Crippen molar-refractivity contribution >= 4 is 36.7 Å². The molecule has 174 valence electrons. The first-order valence-electron chi connectivity index (χ1n) is 10.5. The van der Waals surface area contributed by atoms with Crippen LogP contribution in [0.25, 0.3) is 0 Å². The van der Waals surface area contributed by atoms with Crippen LogP contribution in [0.15, 0.2) is 44.2 Å². The zero-order chi connectivity index (χ0) is 22.8. The molecule has 0 bridgehead atoms. The van der Waals surface area contributed by atoms with E-state index >= 15 is 0 Å². The third-order valence-electron chi connectivity index (χ3n) is 5.06. The van der Waals surface area contributed by atoms with Crippen LogP contribution in [0.2, 0.25) is 0 Å². The SMILES string of the molecule is C=N/C(=N\C(=N/CN1CCOCC1)N(CC(F)F)c1ccccc1N=C)N1CCOCC1. The topological polar surface area (TPSA) is 77.6 Å². The largest absolute Gasteiger partial charge is 0.379 e. The minimum absolute atomic E-state index is 0.113. The van der Waals surface area contributed by atoms with E-state index in [1.54, 1.807) is 24.3 Å². The number of anilines is 1. The highest BCUT2D eigenvalue weighted by Crippen LogP contribution is 2.29. The summed E-state index contributed by atoms with van der Waals surface area (Å²) in [5.41, 5.74) is 0.902. The molecule has 0 spiro atoms. The average molecular weight is 450 g/mol. The Bertz CT molecular complexity index is 822. The van der Waals surface area contributed by atoms with Gasteiger partial charge in [-0.15, -0.1) is 0 Å². The molecule has 0 amide bonds. The maximum absolute atomic E-state index is 13.7. The van der Waals surface area contributed by atoms with E-state index < -0.39 is 13.0 Å². The molecule has 2 saturated heterocycles. The van der Waals surface area contributed by atoms with Crippen molar-refractivity contribution in [3.8, 4) is 0 Å². The van der Waals surface area contributed by atoms with Crippen molar-refractivity contribution < 1.29 is 18.3 Å². The molecule has 0 aliphatic carbocycles. The van der Waals surface area contributed by atoms with Crippen molar-refractivity contribution in [3.05, 3.63) is 24.3 Å².